The molecule has 0 aliphatic carbocycles. The maximum absolute atomic E-state index is 3.66. The summed E-state index contributed by atoms with van der Waals surface area (Å²) in [6.07, 6.45) is 0. The van der Waals surface area contributed by atoms with Gasteiger partial charge in [-0.15, -0.1) is 0 Å². The van der Waals surface area contributed by atoms with Crippen molar-refractivity contribution in [2.24, 2.45) is 0 Å². The smallest absolute Gasteiger partial charge is 0.0623 e. The fourth-order valence-corrected chi connectivity index (χ4v) is 3.85. The Morgan fingerprint density at radius 1 is 0.516 bits per heavy atom. The van der Waals surface area contributed by atoms with Gasteiger partial charge in [0.15, 0.2) is 0 Å². The summed E-state index contributed by atoms with van der Waals surface area (Å²) in [5.41, 5.74) is 9.41. The molecule has 0 unspecified atom stereocenters. The predicted molar refractivity (Wildman–Crippen MR) is 135 cm³/mol. The zero-order chi connectivity index (χ0) is 21.8. The summed E-state index contributed by atoms with van der Waals surface area (Å²) in [6, 6.07) is 34.0. The van der Waals surface area contributed by atoms with Crippen molar-refractivity contribution in [3.05, 3.63) is 108 Å². The van der Waals surface area contributed by atoms with Crippen LogP contribution in [0.3, 0.4) is 0 Å². The van der Waals surface area contributed by atoms with Crippen molar-refractivity contribution in [3.63, 3.8) is 0 Å². The molecule has 0 radical (unpaired) electrons. The number of rotatable bonds is 5. The minimum Gasteiger partial charge on any atom is -0.354 e. The zero-order valence-corrected chi connectivity index (χ0v) is 18.7. The normalized spacial score (nSPS) is 11.2. The molecule has 0 bridgehead atoms. The van der Waals surface area contributed by atoms with Crippen LogP contribution in [0.5, 0.6) is 0 Å². The van der Waals surface area contributed by atoms with Gasteiger partial charge in [-0.25, -0.2) is 0 Å². The van der Waals surface area contributed by atoms with Gasteiger partial charge in [0.25, 0.3) is 0 Å². The van der Waals surface area contributed by atoms with Gasteiger partial charge in [0, 0.05) is 11.4 Å². The van der Waals surface area contributed by atoms with Crippen molar-refractivity contribution in [2.75, 3.05) is 10.6 Å². The second-order valence-electron chi connectivity index (χ2n) is 8.99. The van der Waals surface area contributed by atoms with Crippen LogP contribution in [0.4, 0.5) is 22.7 Å². The number of nitrogens with one attached hydrogen (secondary N) is 2. The van der Waals surface area contributed by atoms with Crippen molar-refractivity contribution < 1.29 is 0 Å². The molecule has 0 amide bonds. The molecule has 156 valence electrons. The molecule has 2 nitrogen and oxygen atoms in total. The molecule has 0 saturated carbocycles. The molecule has 31 heavy (non-hydrogen) atoms. The van der Waals surface area contributed by atoms with Gasteiger partial charge in [-0.05, 0) is 64.9 Å². The van der Waals surface area contributed by atoms with Crippen molar-refractivity contribution in [3.8, 4) is 11.1 Å². The van der Waals surface area contributed by atoms with Crippen LogP contribution in [-0.4, -0.2) is 0 Å². The first-order valence-electron chi connectivity index (χ1n) is 10.8. The fraction of sp³-hybridized carbons (Fsp3) is 0.172. The van der Waals surface area contributed by atoms with Crippen LogP contribution in [-0.2, 0) is 5.41 Å². The van der Waals surface area contributed by atoms with Gasteiger partial charge in [0.05, 0.1) is 11.4 Å². The Bertz CT molecular complexity index is 1170. The predicted octanol–water partition coefficient (Wildman–Crippen LogP) is 8.45. The van der Waals surface area contributed by atoms with E-state index in [4.69, 9.17) is 0 Å². The largest absolute Gasteiger partial charge is 0.354 e. The SMILES string of the molecule is Cc1cc(-c2ccccc2)ccc1Nc1ccccc1Nc1ccccc1C(C)(C)C. The van der Waals surface area contributed by atoms with Crippen LogP contribution in [0.1, 0.15) is 31.9 Å². The lowest BCUT2D eigenvalue weighted by Gasteiger charge is -2.24. The van der Waals surface area contributed by atoms with E-state index in [0.717, 1.165) is 22.7 Å². The molecule has 2 N–H and O–H groups in total. The molecule has 0 saturated heterocycles. The van der Waals surface area contributed by atoms with Crippen molar-refractivity contribution in [1.29, 1.82) is 0 Å². The standard InChI is InChI=1S/C29H30N2/c1-21-20-23(22-12-6-5-7-13-22)18-19-25(21)30-27-16-10-11-17-28(27)31-26-15-9-8-14-24(26)29(2,3)4/h5-20,30-31H,1-4H3. The summed E-state index contributed by atoms with van der Waals surface area (Å²) in [6.45, 7) is 8.89. The second kappa shape index (κ2) is 8.69. The molecule has 4 aromatic rings. The van der Waals surface area contributed by atoms with E-state index in [-0.39, 0.29) is 5.41 Å². The average molecular weight is 407 g/mol. The minimum atomic E-state index is 0.0653. The summed E-state index contributed by atoms with van der Waals surface area (Å²) >= 11 is 0. The van der Waals surface area contributed by atoms with Gasteiger partial charge in [0.1, 0.15) is 0 Å². The zero-order valence-electron chi connectivity index (χ0n) is 18.7. The first-order valence-corrected chi connectivity index (χ1v) is 10.8. The Kier molecular flexibility index (Phi) is 5.81. The van der Waals surface area contributed by atoms with Gasteiger partial charge < -0.3 is 10.6 Å². The lowest BCUT2D eigenvalue weighted by Crippen LogP contribution is -2.13. The maximum Gasteiger partial charge on any atom is 0.0623 e. The summed E-state index contributed by atoms with van der Waals surface area (Å²) in [5.74, 6) is 0. The third-order valence-corrected chi connectivity index (χ3v) is 5.53. The first kappa shape index (κ1) is 20.7. The third kappa shape index (κ3) is 4.80. The van der Waals surface area contributed by atoms with E-state index >= 15 is 0 Å². The van der Waals surface area contributed by atoms with Gasteiger partial charge >= 0.3 is 0 Å². The quantitative estimate of drug-likeness (QED) is 0.347. The molecular formula is C29H30N2. The topological polar surface area (TPSA) is 24.1 Å². The third-order valence-electron chi connectivity index (χ3n) is 5.53. The van der Waals surface area contributed by atoms with E-state index in [1.807, 2.05) is 6.07 Å². The Morgan fingerprint density at radius 3 is 1.68 bits per heavy atom. The summed E-state index contributed by atoms with van der Waals surface area (Å²) in [7, 11) is 0. The lowest BCUT2D eigenvalue weighted by molar-refractivity contribution is 0.592. The number of para-hydroxylation sites is 3. The van der Waals surface area contributed by atoms with Crippen molar-refractivity contribution in [2.45, 2.75) is 33.1 Å². The molecule has 0 heterocycles. The highest BCUT2D eigenvalue weighted by Gasteiger charge is 2.18. The number of hydrogen-bond donors (Lipinski definition) is 2. The van der Waals surface area contributed by atoms with Crippen molar-refractivity contribution >= 4 is 22.7 Å². The highest BCUT2D eigenvalue weighted by Crippen LogP contribution is 2.35. The molecule has 0 aromatic heterocycles. The van der Waals surface area contributed by atoms with Crippen LogP contribution < -0.4 is 10.6 Å². The van der Waals surface area contributed by atoms with Crippen LogP contribution >= 0.6 is 0 Å². The minimum absolute atomic E-state index is 0.0653. The average Bonchev–Trinajstić information content (AvgIpc) is 2.77. The number of benzene rings is 4. The van der Waals surface area contributed by atoms with Gasteiger partial charge in [0.2, 0.25) is 0 Å². The molecule has 0 spiro atoms. The lowest BCUT2D eigenvalue weighted by atomic mass is 9.86. The molecule has 0 fully saturated rings. The number of anilines is 4. The highest BCUT2D eigenvalue weighted by atomic mass is 15.0. The van der Waals surface area contributed by atoms with E-state index in [1.165, 1.54) is 22.3 Å². The van der Waals surface area contributed by atoms with E-state index in [9.17, 15) is 0 Å². The summed E-state index contributed by atoms with van der Waals surface area (Å²) in [5, 5.41) is 7.30. The summed E-state index contributed by atoms with van der Waals surface area (Å²) in [4.78, 5) is 0. The van der Waals surface area contributed by atoms with Crippen LogP contribution in [0.25, 0.3) is 11.1 Å². The fourth-order valence-electron chi connectivity index (χ4n) is 3.85. The van der Waals surface area contributed by atoms with E-state index < -0.39 is 0 Å². The molecule has 4 aromatic carbocycles. The monoisotopic (exact) mass is 406 g/mol. The maximum atomic E-state index is 3.66. The number of aryl methyl sites for hydroxylation is 1. The van der Waals surface area contributed by atoms with Crippen LogP contribution in [0, 0.1) is 6.92 Å². The van der Waals surface area contributed by atoms with E-state index in [0.29, 0.717) is 0 Å². The highest BCUT2D eigenvalue weighted by molar-refractivity contribution is 5.81. The Balaban J connectivity index is 1.62. The van der Waals surface area contributed by atoms with Gasteiger partial charge in [-0.2, -0.15) is 0 Å². The Morgan fingerprint density at radius 2 is 1.06 bits per heavy atom. The molecule has 0 aliphatic heterocycles. The van der Waals surface area contributed by atoms with Crippen molar-refractivity contribution in [1.82, 2.24) is 0 Å². The first-order chi connectivity index (χ1) is 14.9. The van der Waals surface area contributed by atoms with Gasteiger partial charge in [-0.1, -0.05) is 87.5 Å². The van der Waals surface area contributed by atoms with Crippen LogP contribution in [0.15, 0.2) is 97.1 Å². The molecule has 0 aliphatic rings. The second-order valence-corrected chi connectivity index (χ2v) is 8.99. The van der Waals surface area contributed by atoms with E-state index in [2.05, 4.69) is 129 Å². The molecule has 4 rings (SSSR count). The molecule has 2 heteroatoms. The van der Waals surface area contributed by atoms with Gasteiger partial charge in [-0.3, -0.25) is 0 Å². The Hall–Kier alpha value is -3.52. The van der Waals surface area contributed by atoms with Crippen LogP contribution in [0.2, 0.25) is 0 Å². The molecule has 0 atom stereocenters. The number of hydrogen-bond acceptors (Lipinski definition) is 2. The van der Waals surface area contributed by atoms with E-state index in [1.54, 1.807) is 0 Å². The molecular weight excluding hydrogens is 376 g/mol. The Labute approximate surface area is 186 Å². The summed E-state index contributed by atoms with van der Waals surface area (Å²) < 4.78 is 0.